The van der Waals surface area contributed by atoms with E-state index in [2.05, 4.69) is 31.2 Å². The van der Waals surface area contributed by atoms with Crippen molar-refractivity contribution in [3.05, 3.63) is 75.6 Å². The van der Waals surface area contributed by atoms with E-state index < -0.39 is 23.7 Å². The number of amides is 3. The lowest BCUT2D eigenvalue weighted by atomic mass is 9.98. The lowest BCUT2D eigenvalue weighted by Crippen LogP contribution is -2.30. The molecule has 0 unspecified atom stereocenters. The number of nitrogens with zero attached hydrogens (tertiary/aromatic N) is 4. The number of carbonyl (C=O) groups excluding carboxylic acids is 3. The normalized spacial score (nSPS) is 15.4. The fourth-order valence-corrected chi connectivity index (χ4v) is 5.15. The van der Waals surface area contributed by atoms with Gasteiger partial charge in [0.25, 0.3) is 23.6 Å². The van der Waals surface area contributed by atoms with Crippen molar-refractivity contribution in [3.63, 3.8) is 0 Å². The fraction of sp³-hybridized carbons (Fsp3) is 0.222. The SMILES string of the molecule is Cc1c(C(=O)O)ccc2c1CC[C@@H]2NC(=O)c1cc(C(=O)NCc2ccc3c(c2)NC(=O)CO3)n2nnc(O)c2n1. The number of nitrogens with one attached hydrogen (secondary N) is 3. The van der Waals surface area contributed by atoms with E-state index in [1.807, 2.05) is 0 Å². The smallest absolute Gasteiger partial charge is 0.335 e. The number of carbonyl (C=O) groups is 4. The van der Waals surface area contributed by atoms with Crippen LogP contribution in [0.3, 0.4) is 0 Å². The van der Waals surface area contributed by atoms with Gasteiger partial charge >= 0.3 is 5.97 Å². The first-order valence-electron chi connectivity index (χ1n) is 12.7. The van der Waals surface area contributed by atoms with Crippen LogP contribution in [0.4, 0.5) is 5.69 Å². The van der Waals surface area contributed by atoms with Crippen LogP contribution in [-0.4, -0.2) is 60.3 Å². The molecule has 1 atom stereocenters. The number of aromatic nitrogens is 4. The van der Waals surface area contributed by atoms with Crippen molar-refractivity contribution in [1.29, 1.82) is 0 Å². The number of aromatic carboxylic acids is 1. The minimum atomic E-state index is -1.01. The summed E-state index contributed by atoms with van der Waals surface area (Å²) in [6, 6.07) is 9.18. The molecule has 1 aliphatic carbocycles. The fourth-order valence-electron chi connectivity index (χ4n) is 5.15. The number of aromatic hydroxyl groups is 1. The van der Waals surface area contributed by atoms with Gasteiger partial charge in [0.2, 0.25) is 5.65 Å². The van der Waals surface area contributed by atoms with Crippen molar-refractivity contribution in [2.75, 3.05) is 11.9 Å². The van der Waals surface area contributed by atoms with E-state index in [0.717, 1.165) is 15.6 Å². The minimum Gasteiger partial charge on any atom is -0.489 e. The van der Waals surface area contributed by atoms with Gasteiger partial charge in [0, 0.05) is 12.6 Å². The van der Waals surface area contributed by atoms with Gasteiger partial charge in [-0.25, -0.2) is 9.78 Å². The summed E-state index contributed by atoms with van der Waals surface area (Å²) in [5, 5.41) is 35.3. The molecular weight excluding hydrogens is 534 g/mol. The molecular formula is C27H23N7O7. The molecule has 2 aliphatic rings. The van der Waals surface area contributed by atoms with Crippen LogP contribution in [0.5, 0.6) is 11.6 Å². The molecule has 14 heteroatoms. The largest absolute Gasteiger partial charge is 0.489 e. The Kier molecular flexibility index (Phi) is 6.21. The zero-order valence-electron chi connectivity index (χ0n) is 21.6. The Labute approximate surface area is 231 Å². The van der Waals surface area contributed by atoms with Crippen molar-refractivity contribution in [2.45, 2.75) is 32.4 Å². The molecule has 0 spiro atoms. The second-order valence-electron chi connectivity index (χ2n) is 9.70. The van der Waals surface area contributed by atoms with Gasteiger partial charge in [-0.15, -0.1) is 0 Å². The monoisotopic (exact) mass is 557 g/mol. The van der Waals surface area contributed by atoms with E-state index in [-0.39, 0.29) is 47.7 Å². The topological polar surface area (TPSA) is 197 Å². The lowest BCUT2D eigenvalue weighted by Gasteiger charge is -2.18. The van der Waals surface area contributed by atoms with Crippen LogP contribution in [0.2, 0.25) is 0 Å². The molecule has 0 fully saturated rings. The van der Waals surface area contributed by atoms with Gasteiger partial charge in [0.1, 0.15) is 17.1 Å². The maximum Gasteiger partial charge on any atom is 0.335 e. The highest BCUT2D eigenvalue weighted by atomic mass is 16.5. The number of rotatable bonds is 6. The number of ether oxygens (including phenoxy) is 1. The van der Waals surface area contributed by atoms with E-state index in [9.17, 15) is 29.4 Å². The highest BCUT2D eigenvalue weighted by molar-refractivity contribution is 5.99. The molecule has 0 bridgehead atoms. The van der Waals surface area contributed by atoms with E-state index in [4.69, 9.17) is 4.74 Å². The summed E-state index contributed by atoms with van der Waals surface area (Å²) >= 11 is 0. The highest BCUT2D eigenvalue weighted by Crippen LogP contribution is 2.35. The van der Waals surface area contributed by atoms with Gasteiger partial charge in [-0.2, -0.15) is 4.52 Å². The molecule has 208 valence electrons. The number of carboxylic acid groups (broad SMARTS) is 1. The molecule has 4 aromatic rings. The third-order valence-electron chi connectivity index (χ3n) is 7.18. The van der Waals surface area contributed by atoms with Crippen LogP contribution in [0.25, 0.3) is 5.65 Å². The number of anilines is 1. The first kappa shape index (κ1) is 25.7. The first-order chi connectivity index (χ1) is 19.7. The quantitative estimate of drug-likeness (QED) is 0.232. The molecule has 2 aromatic carbocycles. The summed E-state index contributed by atoms with van der Waals surface area (Å²) in [5.74, 6) is -2.53. The van der Waals surface area contributed by atoms with Crippen molar-refractivity contribution in [2.24, 2.45) is 0 Å². The summed E-state index contributed by atoms with van der Waals surface area (Å²) in [4.78, 5) is 53.8. The third-order valence-corrected chi connectivity index (χ3v) is 7.18. The molecule has 2 aromatic heterocycles. The average molecular weight is 558 g/mol. The molecule has 14 nitrogen and oxygen atoms in total. The second kappa shape index (κ2) is 9.89. The number of hydrogen-bond donors (Lipinski definition) is 5. The Morgan fingerprint density at radius 3 is 2.80 bits per heavy atom. The van der Waals surface area contributed by atoms with Crippen molar-refractivity contribution < 1.29 is 34.1 Å². The van der Waals surface area contributed by atoms with Gasteiger partial charge < -0.3 is 30.9 Å². The third kappa shape index (κ3) is 4.64. The zero-order chi connectivity index (χ0) is 28.8. The molecule has 0 saturated heterocycles. The zero-order valence-corrected chi connectivity index (χ0v) is 21.6. The molecule has 0 saturated carbocycles. The van der Waals surface area contributed by atoms with Gasteiger partial charge in [-0.1, -0.05) is 22.4 Å². The average Bonchev–Trinajstić information content (AvgIpc) is 3.54. The van der Waals surface area contributed by atoms with Crippen LogP contribution in [0.15, 0.2) is 36.4 Å². The van der Waals surface area contributed by atoms with E-state index in [1.165, 1.54) is 12.1 Å². The number of carboxylic acids is 1. The number of hydrogen-bond acceptors (Lipinski definition) is 9. The predicted octanol–water partition coefficient (Wildman–Crippen LogP) is 1.51. The predicted molar refractivity (Wildman–Crippen MR) is 141 cm³/mol. The van der Waals surface area contributed by atoms with E-state index >= 15 is 0 Å². The minimum absolute atomic E-state index is 0.0691. The summed E-state index contributed by atoms with van der Waals surface area (Å²) in [6.07, 6.45) is 1.16. The molecule has 5 N–H and O–H groups in total. The molecule has 41 heavy (non-hydrogen) atoms. The van der Waals surface area contributed by atoms with Crippen LogP contribution < -0.4 is 20.7 Å². The van der Waals surface area contributed by atoms with Crippen molar-refractivity contribution in [3.8, 4) is 11.6 Å². The van der Waals surface area contributed by atoms with Gasteiger partial charge in [0.15, 0.2) is 6.61 Å². The number of benzene rings is 2. The van der Waals surface area contributed by atoms with Crippen LogP contribution in [0, 0.1) is 6.92 Å². The number of fused-ring (bicyclic) bond motifs is 3. The highest BCUT2D eigenvalue weighted by Gasteiger charge is 2.29. The molecule has 3 amide bonds. The standard InChI is InChI=1S/C27H23N7O7/c1-12-14-5-6-17(16(14)4-3-15(12)27(39)40)31-24(36)19-9-20(34-23(30-19)26(38)32-33-34)25(37)28-10-13-2-7-21-18(8-13)29-22(35)11-41-21/h2-4,7-9,17,38H,5-6,10-11H2,1H3,(H,28,37)(H,29,35)(H,31,36)(H,39,40)/t17-/m0/s1. The summed E-state index contributed by atoms with van der Waals surface area (Å²) in [5.41, 5.74) is 3.34. The molecule has 3 heterocycles. The first-order valence-corrected chi connectivity index (χ1v) is 12.7. The Morgan fingerprint density at radius 1 is 1.17 bits per heavy atom. The van der Waals surface area contributed by atoms with Crippen LogP contribution in [0.1, 0.15) is 66.1 Å². The van der Waals surface area contributed by atoms with Gasteiger partial charge in [0.05, 0.1) is 17.3 Å². The van der Waals surface area contributed by atoms with E-state index in [0.29, 0.717) is 35.4 Å². The Morgan fingerprint density at radius 2 is 2.00 bits per heavy atom. The van der Waals surface area contributed by atoms with Crippen LogP contribution in [-0.2, 0) is 17.8 Å². The maximum absolute atomic E-state index is 13.3. The summed E-state index contributed by atoms with van der Waals surface area (Å²) < 4.78 is 6.38. The molecule has 0 radical (unpaired) electrons. The Bertz CT molecular complexity index is 1780. The molecule has 1 aliphatic heterocycles. The molecule has 6 rings (SSSR count). The van der Waals surface area contributed by atoms with Crippen molar-refractivity contribution in [1.82, 2.24) is 30.4 Å². The maximum atomic E-state index is 13.3. The summed E-state index contributed by atoms with van der Waals surface area (Å²) in [6.45, 7) is 1.75. The summed E-state index contributed by atoms with van der Waals surface area (Å²) in [7, 11) is 0. The Hall–Kier alpha value is -5.53. The Balaban J connectivity index is 1.23. The van der Waals surface area contributed by atoms with Gasteiger partial charge in [-0.05, 0) is 60.2 Å². The lowest BCUT2D eigenvalue weighted by molar-refractivity contribution is -0.118. The van der Waals surface area contributed by atoms with Crippen molar-refractivity contribution >= 4 is 35.0 Å². The second-order valence-corrected chi connectivity index (χ2v) is 9.70. The van der Waals surface area contributed by atoms with Gasteiger partial charge in [-0.3, -0.25) is 14.4 Å². The van der Waals surface area contributed by atoms with Crippen LogP contribution >= 0.6 is 0 Å². The van der Waals surface area contributed by atoms with E-state index in [1.54, 1.807) is 31.2 Å².